The van der Waals surface area contributed by atoms with Crippen LogP contribution in [0.25, 0.3) is 11.1 Å². The summed E-state index contributed by atoms with van der Waals surface area (Å²) in [7, 11) is -3.40. The van der Waals surface area contributed by atoms with Gasteiger partial charge in [0.15, 0.2) is 0 Å². The second-order valence-corrected chi connectivity index (χ2v) is 15.6. The fraction of sp³-hybridized carbons (Fsp3) is 0.250. The van der Waals surface area contributed by atoms with Crippen molar-refractivity contribution < 1.29 is 12.8 Å². The maximum atomic E-state index is 13.6. The molecule has 0 amide bonds. The Kier molecular flexibility index (Phi) is 4.69. The molecule has 0 aliphatic rings. The van der Waals surface area contributed by atoms with Crippen LogP contribution in [0, 0.1) is 5.82 Å². The molecule has 22 heavy (non-hydrogen) atoms. The zero-order chi connectivity index (χ0) is 16.5. The number of hydrogen-bond acceptors (Lipinski definition) is 3. The van der Waals surface area contributed by atoms with Gasteiger partial charge in [-0.3, -0.25) is 0 Å². The Balaban J connectivity index is 2.60. The molecule has 3 nitrogen and oxygen atoms in total. The summed E-state index contributed by atoms with van der Waals surface area (Å²) in [6, 6.07) is 10.6. The van der Waals surface area contributed by atoms with E-state index in [-0.39, 0.29) is 9.10 Å². The van der Waals surface area contributed by atoms with Crippen molar-refractivity contribution in [3.8, 4) is 11.1 Å². The van der Waals surface area contributed by atoms with Crippen LogP contribution in [0.5, 0.6) is 0 Å². The summed E-state index contributed by atoms with van der Waals surface area (Å²) in [5.41, 5.74) is 7.27. The Morgan fingerprint density at radius 2 is 1.64 bits per heavy atom. The molecule has 0 aliphatic heterocycles. The van der Waals surface area contributed by atoms with E-state index in [0.717, 1.165) is 0 Å². The van der Waals surface area contributed by atoms with Gasteiger partial charge < -0.3 is 0 Å². The molecule has 1 atom stereocenters. The van der Waals surface area contributed by atoms with Gasteiger partial charge in [0, 0.05) is 0 Å². The average molecular weight is 383 g/mol. The van der Waals surface area contributed by atoms with E-state index in [1.807, 2.05) is 20.8 Å². The molecular weight excluding hydrogens is 364 g/mol. The van der Waals surface area contributed by atoms with Crippen LogP contribution >= 0.6 is 0 Å². The minimum absolute atomic E-state index is 0.202. The van der Waals surface area contributed by atoms with Crippen LogP contribution < -0.4 is 5.73 Å². The first-order valence-electron chi connectivity index (χ1n) is 6.78. The maximum absolute atomic E-state index is 13.6. The van der Waals surface area contributed by atoms with Crippen LogP contribution in [0.15, 0.2) is 47.4 Å². The van der Waals surface area contributed by atoms with E-state index in [0.29, 0.717) is 16.8 Å². The molecule has 6 heteroatoms. The van der Waals surface area contributed by atoms with Crippen LogP contribution in [0.3, 0.4) is 0 Å². The van der Waals surface area contributed by atoms with Crippen molar-refractivity contribution >= 4 is 28.4 Å². The molecule has 118 valence electrons. The van der Waals surface area contributed by atoms with Gasteiger partial charge in [0.25, 0.3) is 0 Å². The molecule has 0 radical (unpaired) electrons. The molecule has 0 bridgehead atoms. The van der Waals surface area contributed by atoms with Gasteiger partial charge >= 0.3 is 136 Å². The Bertz CT molecular complexity index is 781. The molecule has 0 fully saturated rings. The van der Waals surface area contributed by atoms with Crippen LogP contribution in [-0.4, -0.2) is 23.0 Å². The fourth-order valence-corrected chi connectivity index (χ4v) is 10.6. The molecule has 0 heterocycles. The molecule has 2 N–H and O–H groups in total. The Hall–Kier alpha value is -1.32. The summed E-state index contributed by atoms with van der Waals surface area (Å²) in [6.45, 7) is 5.74. The molecule has 1 unspecified atom stereocenters. The van der Waals surface area contributed by atoms with Crippen molar-refractivity contribution in [1.82, 2.24) is 0 Å². The minimum atomic E-state index is -3.40. The fourth-order valence-electron chi connectivity index (χ4n) is 2.08. The van der Waals surface area contributed by atoms with E-state index < -0.39 is 28.5 Å². The van der Waals surface area contributed by atoms with Gasteiger partial charge in [-0.15, -0.1) is 0 Å². The zero-order valence-corrected chi connectivity index (χ0v) is 15.6. The average Bonchev–Trinajstić information content (AvgIpc) is 2.36. The number of rotatable bonds is 3. The van der Waals surface area contributed by atoms with Crippen LogP contribution in [0.2, 0.25) is 4.20 Å². The van der Waals surface area contributed by atoms with Gasteiger partial charge in [0.05, 0.1) is 0 Å². The molecule has 0 saturated carbocycles. The van der Waals surface area contributed by atoms with Crippen LogP contribution in [-0.2, 0) is 8.10 Å². The Labute approximate surface area is 136 Å². The van der Waals surface area contributed by atoms with Crippen molar-refractivity contribution in [2.24, 2.45) is 0 Å². The monoisotopic (exact) mass is 383 g/mol. The van der Waals surface area contributed by atoms with E-state index in [4.69, 9.17) is 5.73 Å². The topological polar surface area (TPSA) is 60.2 Å². The van der Waals surface area contributed by atoms with E-state index in [1.54, 1.807) is 24.3 Å². The van der Waals surface area contributed by atoms with E-state index in [2.05, 4.69) is 0 Å². The van der Waals surface area contributed by atoms with Crippen molar-refractivity contribution in [1.29, 1.82) is 0 Å². The van der Waals surface area contributed by atoms with Gasteiger partial charge in [-0.25, -0.2) is 0 Å². The third kappa shape index (κ3) is 4.11. The van der Waals surface area contributed by atoms with E-state index in [9.17, 15) is 12.8 Å². The number of anilines is 1. The second kappa shape index (κ2) is 6.05. The number of nitrogens with two attached hydrogens (primary N) is 1. The summed E-state index contributed by atoms with van der Waals surface area (Å²) < 4.78 is 38.8. The first kappa shape index (κ1) is 17.0. The summed E-state index contributed by atoms with van der Waals surface area (Å²) in [5.74, 6) is -0.457. The van der Waals surface area contributed by atoms with Crippen molar-refractivity contribution in [3.63, 3.8) is 0 Å². The van der Waals surface area contributed by atoms with E-state index in [1.165, 1.54) is 18.2 Å². The second-order valence-electron chi connectivity index (χ2n) is 6.12. The van der Waals surface area contributed by atoms with Gasteiger partial charge in [-0.2, -0.15) is 0 Å². The Morgan fingerprint density at radius 3 is 2.18 bits per heavy atom. The number of hydrogen-bond donors (Lipinski definition) is 1. The molecule has 0 spiro atoms. The first-order chi connectivity index (χ1) is 10.1. The van der Waals surface area contributed by atoms with Gasteiger partial charge in [0.1, 0.15) is 0 Å². The standard InChI is InChI=1S/C16H19AsFNO2S/c1-16(2,3)17-22(20,21)15-9-6-12(18)10-14(15)11-4-7-13(19)8-5-11/h4-10,17H,19H2,1-3H3. The molecule has 2 aromatic carbocycles. The molecule has 2 rings (SSSR count). The zero-order valence-electron chi connectivity index (χ0n) is 12.7. The third-order valence-corrected chi connectivity index (χ3v) is 11.6. The molecular formula is C16H19AsFNO2S. The first-order valence-corrected chi connectivity index (χ1v) is 11.9. The predicted molar refractivity (Wildman–Crippen MR) is 90.3 cm³/mol. The summed E-state index contributed by atoms with van der Waals surface area (Å²) in [5, 5.41) is 0. The molecule has 0 aliphatic carbocycles. The third-order valence-electron chi connectivity index (χ3n) is 2.89. The van der Waals surface area contributed by atoms with E-state index >= 15 is 0 Å². The molecule has 0 aromatic heterocycles. The number of halogens is 1. The molecule has 2 aromatic rings. The molecule has 0 saturated heterocycles. The SMILES string of the molecule is CC(C)(C)[AsH]S(=O)(=O)c1ccc(F)cc1-c1ccc(N)cc1. The number of benzene rings is 2. The number of nitrogen functional groups attached to an aromatic ring is 1. The van der Waals surface area contributed by atoms with Crippen molar-refractivity contribution in [2.45, 2.75) is 29.9 Å². The van der Waals surface area contributed by atoms with Gasteiger partial charge in [-0.1, -0.05) is 0 Å². The predicted octanol–water partition coefficient (Wildman–Crippen LogP) is 3.42. The van der Waals surface area contributed by atoms with Crippen LogP contribution in [0.1, 0.15) is 20.8 Å². The Morgan fingerprint density at radius 1 is 1.05 bits per heavy atom. The van der Waals surface area contributed by atoms with Crippen LogP contribution in [0.4, 0.5) is 10.1 Å². The van der Waals surface area contributed by atoms with Crippen molar-refractivity contribution in [3.05, 3.63) is 48.3 Å². The summed E-state index contributed by atoms with van der Waals surface area (Å²) >= 11 is -1.30. The van der Waals surface area contributed by atoms with Gasteiger partial charge in [-0.05, 0) is 0 Å². The summed E-state index contributed by atoms with van der Waals surface area (Å²) in [4.78, 5) is 0.202. The normalized spacial score (nSPS) is 12.9. The van der Waals surface area contributed by atoms with Gasteiger partial charge in [0.2, 0.25) is 0 Å². The van der Waals surface area contributed by atoms with Crippen molar-refractivity contribution in [2.75, 3.05) is 5.73 Å². The quantitative estimate of drug-likeness (QED) is 0.653. The summed E-state index contributed by atoms with van der Waals surface area (Å²) in [6.07, 6.45) is 0.